The predicted molar refractivity (Wildman–Crippen MR) is 51.3 cm³/mol. The molecule has 0 aromatic heterocycles. The summed E-state index contributed by atoms with van der Waals surface area (Å²) in [7, 11) is 2.45. The van der Waals surface area contributed by atoms with Crippen molar-refractivity contribution in [2.24, 2.45) is 4.99 Å². The van der Waals surface area contributed by atoms with Gasteiger partial charge in [-0.1, -0.05) is 0 Å². The van der Waals surface area contributed by atoms with Crippen LogP contribution in [0.5, 0.6) is 11.5 Å². The molecular weight excluding hydrogens is 220 g/mol. The van der Waals surface area contributed by atoms with Gasteiger partial charge in [-0.05, 0) is 0 Å². The molecule has 4 nitrogen and oxygen atoms in total. The normalized spacial score (nSPS) is 9.50. The Morgan fingerprint density at radius 2 is 1.75 bits per heavy atom. The number of carbonyl (C=O) groups excluding carboxylic acids is 1. The molecule has 0 heterocycles. The van der Waals surface area contributed by atoms with E-state index in [9.17, 15) is 13.6 Å². The van der Waals surface area contributed by atoms with Gasteiger partial charge in [0.25, 0.3) is 0 Å². The van der Waals surface area contributed by atoms with E-state index in [1.165, 1.54) is 20.3 Å². The van der Waals surface area contributed by atoms with Crippen LogP contribution in [0, 0.1) is 11.6 Å². The number of hydrogen-bond donors (Lipinski definition) is 0. The van der Waals surface area contributed by atoms with Gasteiger partial charge in [0.1, 0.15) is 0 Å². The molecule has 0 aliphatic carbocycles. The number of benzene rings is 1. The summed E-state index contributed by atoms with van der Waals surface area (Å²) in [6, 6.07) is 0.645. The van der Waals surface area contributed by atoms with E-state index in [2.05, 4.69) is 4.99 Å². The van der Waals surface area contributed by atoms with Gasteiger partial charge in [0.2, 0.25) is 6.08 Å². The van der Waals surface area contributed by atoms with E-state index in [-0.39, 0.29) is 23.6 Å². The summed E-state index contributed by atoms with van der Waals surface area (Å²) in [6.45, 7) is -0.259. The Morgan fingerprint density at radius 3 is 2.12 bits per heavy atom. The Balaban J connectivity index is 3.41. The fourth-order valence-electron chi connectivity index (χ4n) is 1.33. The van der Waals surface area contributed by atoms with Crippen LogP contribution in [0.25, 0.3) is 0 Å². The lowest BCUT2D eigenvalue weighted by Crippen LogP contribution is -2.01. The Morgan fingerprint density at radius 1 is 1.25 bits per heavy atom. The summed E-state index contributed by atoms with van der Waals surface area (Å²) in [5, 5.41) is 0. The number of ether oxygens (including phenoxy) is 2. The molecule has 0 fully saturated rings. The third kappa shape index (κ3) is 2.17. The van der Waals surface area contributed by atoms with E-state index in [4.69, 9.17) is 9.47 Å². The van der Waals surface area contributed by atoms with Crippen molar-refractivity contribution in [2.45, 2.75) is 6.54 Å². The molecule has 0 unspecified atom stereocenters. The van der Waals surface area contributed by atoms with E-state index in [0.29, 0.717) is 6.07 Å². The Kier molecular flexibility index (Phi) is 3.96. The van der Waals surface area contributed by atoms with E-state index in [1.807, 2.05) is 0 Å². The zero-order valence-corrected chi connectivity index (χ0v) is 8.71. The number of nitrogens with zero attached hydrogens (tertiary/aromatic N) is 1. The minimum atomic E-state index is -0.878. The van der Waals surface area contributed by atoms with Crippen LogP contribution in [0.4, 0.5) is 8.78 Å². The van der Waals surface area contributed by atoms with E-state index < -0.39 is 11.6 Å². The minimum absolute atomic E-state index is 0.0332. The minimum Gasteiger partial charge on any atom is -0.493 e. The number of hydrogen-bond acceptors (Lipinski definition) is 4. The monoisotopic (exact) mass is 229 g/mol. The highest BCUT2D eigenvalue weighted by Gasteiger charge is 2.19. The molecular formula is C10H9F2NO3. The van der Waals surface area contributed by atoms with Crippen LogP contribution < -0.4 is 9.47 Å². The quantitative estimate of drug-likeness (QED) is 0.584. The van der Waals surface area contributed by atoms with Crippen molar-refractivity contribution in [3.8, 4) is 11.5 Å². The highest BCUT2D eigenvalue weighted by Crippen LogP contribution is 2.34. The number of rotatable bonds is 4. The number of isocyanates is 1. The van der Waals surface area contributed by atoms with E-state index in [1.54, 1.807) is 0 Å². The Labute approximate surface area is 90.5 Å². The van der Waals surface area contributed by atoms with Gasteiger partial charge in [0, 0.05) is 6.07 Å². The maximum absolute atomic E-state index is 13.3. The first kappa shape index (κ1) is 12.1. The molecule has 0 saturated heterocycles. The van der Waals surface area contributed by atoms with Crippen LogP contribution in [-0.2, 0) is 11.3 Å². The Hall–Kier alpha value is -1.94. The van der Waals surface area contributed by atoms with Gasteiger partial charge < -0.3 is 9.47 Å². The van der Waals surface area contributed by atoms with Gasteiger partial charge >= 0.3 is 0 Å². The molecule has 86 valence electrons. The molecule has 0 radical (unpaired) electrons. The van der Waals surface area contributed by atoms with Crippen LogP contribution in [0.3, 0.4) is 0 Å². The van der Waals surface area contributed by atoms with Crippen LogP contribution in [-0.4, -0.2) is 20.3 Å². The molecule has 1 aromatic carbocycles. The molecule has 0 spiro atoms. The fraction of sp³-hybridized carbons (Fsp3) is 0.300. The second-order valence-corrected chi connectivity index (χ2v) is 2.79. The second kappa shape index (κ2) is 5.23. The van der Waals surface area contributed by atoms with Gasteiger partial charge in [-0.3, -0.25) is 0 Å². The van der Waals surface area contributed by atoms with Crippen molar-refractivity contribution in [1.29, 1.82) is 0 Å². The van der Waals surface area contributed by atoms with Gasteiger partial charge in [-0.2, -0.15) is 0 Å². The van der Waals surface area contributed by atoms with Crippen molar-refractivity contribution >= 4 is 6.08 Å². The lowest BCUT2D eigenvalue weighted by Gasteiger charge is -2.12. The summed E-state index contributed by atoms with van der Waals surface area (Å²) >= 11 is 0. The van der Waals surface area contributed by atoms with Crippen molar-refractivity contribution < 1.29 is 23.0 Å². The maximum atomic E-state index is 13.3. The van der Waals surface area contributed by atoms with E-state index >= 15 is 0 Å². The molecule has 1 aromatic rings. The molecule has 0 saturated carbocycles. The average Bonchev–Trinajstić information content (AvgIpc) is 2.26. The van der Waals surface area contributed by atoms with Crippen LogP contribution >= 0.6 is 0 Å². The lowest BCUT2D eigenvalue weighted by atomic mass is 10.1. The highest BCUT2D eigenvalue weighted by atomic mass is 19.1. The Bertz CT molecular complexity index is 414. The topological polar surface area (TPSA) is 47.9 Å². The van der Waals surface area contributed by atoms with Gasteiger partial charge in [0.05, 0.1) is 26.3 Å². The third-order valence-corrected chi connectivity index (χ3v) is 1.95. The first-order valence-electron chi connectivity index (χ1n) is 4.28. The molecule has 0 bridgehead atoms. The first-order chi connectivity index (χ1) is 7.65. The number of aliphatic imine (C=N–C) groups is 1. The molecule has 0 amide bonds. The van der Waals surface area contributed by atoms with Crippen molar-refractivity contribution in [2.75, 3.05) is 14.2 Å². The molecule has 0 atom stereocenters. The highest BCUT2D eigenvalue weighted by molar-refractivity contribution is 5.48. The van der Waals surface area contributed by atoms with Crippen LogP contribution in [0.15, 0.2) is 11.1 Å². The van der Waals surface area contributed by atoms with Crippen molar-refractivity contribution in [1.82, 2.24) is 0 Å². The van der Waals surface area contributed by atoms with Crippen LogP contribution in [0.1, 0.15) is 5.56 Å². The fourth-order valence-corrected chi connectivity index (χ4v) is 1.33. The van der Waals surface area contributed by atoms with Crippen molar-refractivity contribution in [3.05, 3.63) is 23.3 Å². The average molecular weight is 229 g/mol. The molecule has 16 heavy (non-hydrogen) atoms. The first-order valence-corrected chi connectivity index (χ1v) is 4.28. The van der Waals surface area contributed by atoms with Crippen LogP contribution in [0.2, 0.25) is 0 Å². The molecule has 0 N–H and O–H groups in total. The summed E-state index contributed by atoms with van der Waals surface area (Å²) in [6.07, 6.45) is 1.28. The smallest absolute Gasteiger partial charge is 0.235 e. The molecule has 0 aliphatic heterocycles. The van der Waals surface area contributed by atoms with Gasteiger partial charge in [-0.15, -0.1) is 0 Å². The van der Waals surface area contributed by atoms with Gasteiger partial charge in [0.15, 0.2) is 23.1 Å². The zero-order valence-electron chi connectivity index (χ0n) is 8.71. The molecule has 6 heteroatoms. The number of methoxy groups -OCH3 is 2. The zero-order chi connectivity index (χ0) is 12.1. The third-order valence-electron chi connectivity index (χ3n) is 1.95. The molecule has 1 rings (SSSR count). The number of halogens is 2. The summed E-state index contributed by atoms with van der Waals surface area (Å²) in [5.74, 6) is -2.15. The maximum Gasteiger partial charge on any atom is 0.235 e. The lowest BCUT2D eigenvalue weighted by molar-refractivity contribution is 0.350. The van der Waals surface area contributed by atoms with Crippen molar-refractivity contribution in [3.63, 3.8) is 0 Å². The van der Waals surface area contributed by atoms with Gasteiger partial charge in [-0.25, -0.2) is 18.6 Å². The standard InChI is InChI=1S/C10H9F2NO3/c1-15-9-6(4-13-5-14)10(16-2)8(12)3-7(9)11/h3H,4H2,1-2H3. The SMILES string of the molecule is COc1c(F)cc(F)c(OC)c1CN=C=O. The molecule has 0 aliphatic rings. The summed E-state index contributed by atoms with van der Waals surface area (Å²) < 4.78 is 36.1. The second-order valence-electron chi connectivity index (χ2n) is 2.79. The largest absolute Gasteiger partial charge is 0.493 e. The summed E-state index contributed by atoms with van der Waals surface area (Å²) in [4.78, 5) is 13.2. The predicted octanol–water partition coefficient (Wildman–Crippen LogP) is 1.82. The summed E-state index contributed by atoms with van der Waals surface area (Å²) in [5.41, 5.74) is 0.0332. The van der Waals surface area contributed by atoms with E-state index in [0.717, 1.165) is 0 Å².